The normalized spacial score (nSPS) is 17.1. The molecule has 1 aromatic rings. The van der Waals surface area contributed by atoms with Gasteiger partial charge in [0.25, 0.3) is 0 Å². The zero-order valence-corrected chi connectivity index (χ0v) is 12.9. The summed E-state index contributed by atoms with van der Waals surface area (Å²) in [5, 5.41) is 3.28. The Bertz CT molecular complexity index is 444. The van der Waals surface area contributed by atoms with Gasteiger partial charge in [-0.2, -0.15) is 0 Å². The Morgan fingerprint density at radius 3 is 2.40 bits per heavy atom. The summed E-state index contributed by atoms with van der Waals surface area (Å²) in [4.78, 5) is 14.2. The van der Waals surface area contributed by atoms with Crippen molar-refractivity contribution in [3.63, 3.8) is 0 Å². The van der Waals surface area contributed by atoms with Gasteiger partial charge >= 0.3 is 0 Å². The van der Waals surface area contributed by atoms with Gasteiger partial charge in [0, 0.05) is 32.6 Å². The van der Waals surface area contributed by atoms with Gasteiger partial charge in [-0.1, -0.05) is 36.2 Å². The van der Waals surface area contributed by atoms with Crippen LogP contribution in [0.25, 0.3) is 0 Å². The number of rotatable bonds is 4. The van der Waals surface area contributed by atoms with Gasteiger partial charge in [-0.15, -0.1) is 0 Å². The van der Waals surface area contributed by atoms with Crippen LogP contribution in [0.2, 0.25) is 0 Å². The van der Waals surface area contributed by atoms with E-state index in [1.807, 2.05) is 4.90 Å². The number of amides is 1. The zero-order chi connectivity index (χ0) is 14.5. The minimum atomic E-state index is 0.308. The second kappa shape index (κ2) is 6.89. The van der Waals surface area contributed by atoms with E-state index in [1.165, 1.54) is 16.7 Å². The van der Waals surface area contributed by atoms with Gasteiger partial charge < -0.3 is 10.2 Å². The number of hydrogen-bond donors (Lipinski definition) is 1. The second-order valence-electron chi connectivity index (χ2n) is 5.99. The fourth-order valence-corrected chi connectivity index (χ4v) is 2.87. The van der Waals surface area contributed by atoms with Crippen molar-refractivity contribution in [2.24, 2.45) is 0 Å². The van der Waals surface area contributed by atoms with Gasteiger partial charge in [0.05, 0.1) is 0 Å². The van der Waals surface area contributed by atoms with E-state index in [2.05, 4.69) is 44.3 Å². The average molecular weight is 274 g/mol. The molecule has 0 bridgehead atoms. The van der Waals surface area contributed by atoms with Crippen LogP contribution in [0, 0.1) is 13.8 Å². The van der Waals surface area contributed by atoms with Crippen molar-refractivity contribution in [3.8, 4) is 0 Å². The highest BCUT2D eigenvalue weighted by molar-refractivity contribution is 5.76. The van der Waals surface area contributed by atoms with E-state index >= 15 is 0 Å². The zero-order valence-electron chi connectivity index (χ0n) is 12.9. The van der Waals surface area contributed by atoms with Crippen LogP contribution in [-0.4, -0.2) is 37.0 Å². The Labute approximate surface area is 122 Å². The van der Waals surface area contributed by atoms with Crippen LogP contribution >= 0.6 is 0 Å². The molecule has 1 aliphatic heterocycles. The van der Waals surface area contributed by atoms with Gasteiger partial charge in [0.15, 0.2) is 0 Å². The molecule has 1 atom stereocenters. The monoisotopic (exact) mass is 274 g/mol. The van der Waals surface area contributed by atoms with E-state index in [0.717, 1.165) is 32.6 Å². The predicted octanol–water partition coefficient (Wildman–Crippen LogP) is 2.62. The van der Waals surface area contributed by atoms with Crippen LogP contribution in [-0.2, 0) is 4.79 Å². The van der Waals surface area contributed by atoms with Crippen molar-refractivity contribution in [2.75, 3.05) is 26.2 Å². The maximum Gasteiger partial charge on any atom is 0.222 e. The molecule has 1 heterocycles. The lowest BCUT2D eigenvalue weighted by Crippen LogP contribution is -2.46. The van der Waals surface area contributed by atoms with E-state index in [-0.39, 0.29) is 0 Å². The maximum atomic E-state index is 12.2. The summed E-state index contributed by atoms with van der Waals surface area (Å²) in [5.74, 6) is 0.753. The first kappa shape index (κ1) is 15.0. The van der Waals surface area contributed by atoms with Crippen molar-refractivity contribution in [3.05, 3.63) is 34.9 Å². The van der Waals surface area contributed by atoms with Crippen LogP contribution < -0.4 is 5.32 Å². The summed E-state index contributed by atoms with van der Waals surface area (Å²) < 4.78 is 0. The van der Waals surface area contributed by atoms with Crippen molar-refractivity contribution in [1.82, 2.24) is 10.2 Å². The van der Waals surface area contributed by atoms with Crippen LogP contribution in [0.4, 0.5) is 0 Å². The van der Waals surface area contributed by atoms with Crippen LogP contribution in [0.15, 0.2) is 18.2 Å². The molecule has 1 aromatic carbocycles. The van der Waals surface area contributed by atoms with Gasteiger partial charge in [-0.05, 0) is 31.7 Å². The van der Waals surface area contributed by atoms with E-state index in [4.69, 9.17) is 0 Å². The standard InChI is InChI=1S/C17H26N2O/c1-13-10-14(2)12-16(11-13)15(3)4-5-17(20)19-8-6-18-7-9-19/h10-12,15,18H,4-9H2,1-3H3. The Morgan fingerprint density at radius 1 is 1.20 bits per heavy atom. The number of aryl methyl sites for hydroxylation is 2. The number of carbonyl (C=O) groups excluding carboxylic acids is 1. The molecule has 110 valence electrons. The molecule has 1 saturated heterocycles. The highest BCUT2D eigenvalue weighted by Crippen LogP contribution is 2.23. The van der Waals surface area contributed by atoms with Gasteiger partial charge in [0.1, 0.15) is 0 Å². The number of piperazine rings is 1. The summed E-state index contributed by atoms with van der Waals surface area (Å²) in [5.41, 5.74) is 3.97. The molecule has 1 fully saturated rings. The van der Waals surface area contributed by atoms with Crippen molar-refractivity contribution in [1.29, 1.82) is 0 Å². The minimum Gasteiger partial charge on any atom is -0.340 e. The summed E-state index contributed by atoms with van der Waals surface area (Å²) in [6.07, 6.45) is 1.60. The molecule has 1 amide bonds. The fraction of sp³-hybridized carbons (Fsp3) is 0.588. The molecule has 1 aliphatic rings. The predicted molar refractivity (Wildman–Crippen MR) is 83.0 cm³/mol. The van der Waals surface area contributed by atoms with Crippen LogP contribution in [0.3, 0.4) is 0 Å². The largest absolute Gasteiger partial charge is 0.340 e. The van der Waals surface area contributed by atoms with E-state index in [9.17, 15) is 4.79 Å². The first-order chi connectivity index (χ1) is 9.56. The Kier molecular flexibility index (Phi) is 5.18. The van der Waals surface area contributed by atoms with E-state index < -0.39 is 0 Å². The van der Waals surface area contributed by atoms with Gasteiger partial charge in [-0.25, -0.2) is 0 Å². The Balaban J connectivity index is 1.87. The molecule has 3 nitrogen and oxygen atoms in total. The van der Waals surface area contributed by atoms with E-state index in [1.54, 1.807) is 0 Å². The molecule has 1 unspecified atom stereocenters. The highest BCUT2D eigenvalue weighted by atomic mass is 16.2. The number of hydrogen-bond acceptors (Lipinski definition) is 2. The quantitative estimate of drug-likeness (QED) is 0.915. The molecule has 20 heavy (non-hydrogen) atoms. The molecule has 0 spiro atoms. The highest BCUT2D eigenvalue weighted by Gasteiger charge is 2.17. The van der Waals surface area contributed by atoms with Gasteiger partial charge in [-0.3, -0.25) is 4.79 Å². The lowest BCUT2D eigenvalue weighted by Gasteiger charge is -2.28. The molecule has 1 N–H and O–H groups in total. The molecule has 3 heteroatoms. The molecule has 0 saturated carbocycles. The smallest absolute Gasteiger partial charge is 0.222 e. The maximum absolute atomic E-state index is 12.2. The number of nitrogens with zero attached hydrogens (tertiary/aromatic N) is 1. The first-order valence-corrected chi connectivity index (χ1v) is 7.63. The SMILES string of the molecule is Cc1cc(C)cc(C(C)CCC(=O)N2CCNCC2)c1. The average Bonchev–Trinajstić information content (AvgIpc) is 2.44. The lowest BCUT2D eigenvalue weighted by molar-refractivity contribution is -0.131. The summed E-state index contributed by atoms with van der Waals surface area (Å²) in [6.45, 7) is 10.1. The molecule has 0 radical (unpaired) electrons. The van der Waals surface area contributed by atoms with Crippen molar-refractivity contribution in [2.45, 2.75) is 39.5 Å². The third kappa shape index (κ3) is 4.07. The second-order valence-corrected chi connectivity index (χ2v) is 5.99. The molecule has 0 aliphatic carbocycles. The van der Waals surface area contributed by atoms with Crippen molar-refractivity contribution >= 4 is 5.91 Å². The minimum absolute atomic E-state index is 0.308. The lowest BCUT2D eigenvalue weighted by atomic mass is 9.93. The number of carbonyl (C=O) groups is 1. The molecule has 0 aromatic heterocycles. The van der Waals surface area contributed by atoms with Crippen molar-refractivity contribution < 1.29 is 4.79 Å². The third-order valence-electron chi connectivity index (χ3n) is 4.07. The molecule has 2 rings (SSSR count). The van der Waals surface area contributed by atoms with Crippen LogP contribution in [0.1, 0.15) is 42.4 Å². The number of nitrogens with one attached hydrogen (secondary N) is 1. The van der Waals surface area contributed by atoms with Crippen LogP contribution in [0.5, 0.6) is 0 Å². The molecular weight excluding hydrogens is 248 g/mol. The number of benzene rings is 1. The molecular formula is C17H26N2O. The third-order valence-corrected chi connectivity index (χ3v) is 4.07. The topological polar surface area (TPSA) is 32.3 Å². The fourth-order valence-electron chi connectivity index (χ4n) is 2.87. The Hall–Kier alpha value is -1.35. The summed E-state index contributed by atoms with van der Waals surface area (Å²) in [7, 11) is 0. The van der Waals surface area contributed by atoms with Gasteiger partial charge in [0.2, 0.25) is 5.91 Å². The first-order valence-electron chi connectivity index (χ1n) is 7.63. The van der Waals surface area contributed by atoms with E-state index in [0.29, 0.717) is 18.2 Å². The summed E-state index contributed by atoms with van der Waals surface area (Å²) in [6, 6.07) is 6.68. The summed E-state index contributed by atoms with van der Waals surface area (Å²) >= 11 is 0. The Morgan fingerprint density at radius 2 is 1.80 bits per heavy atom.